The van der Waals surface area contributed by atoms with Crippen LogP contribution in [0, 0.1) is 6.92 Å². The lowest BCUT2D eigenvalue weighted by Gasteiger charge is -2.16. The van der Waals surface area contributed by atoms with Crippen molar-refractivity contribution in [2.75, 3.05) is 5.73 Å². The maximum Gasteiger partial charge on any atom is 0.263 e. The number of fused-ring (bicyclic) bond motifs is 3. The molecule has 0 saturated heterocycles. The van der Waals surface area contributed by atoms with Crippen molar-refractivity contribution >= 4 is 55.0 Å². The van der Waals surface area contributed by atoms with E-state index in [-0.39, 0.29) is 17.9 Å². The van der Waals surface area contributed by atoms with E-state index in [4.69, 9.17) is 10.8 Å². The molecule has 0 radical (unpaired) electrons. The average Bonchev–Trinajstić information content (AvgIpc) is 3.54. The van der Waals surface area contributed by atoms with E-state index in [1.807, 2.05) is 79.7 Å². The third kappa shape index (κ3) is 4.33. The van der Waals surface area contributed by atoms with E-state index < -0.39 is 0 Å². The lowest BCUT2D eigenvalue weighted by Crippen LogP contribution is -2.24. The molecule has 0 aliphatic rings. The van der Waals surface area contributed by atoms with E-state index in [2.05, 4.69) is 15.0 Å². The van der Waals surface area contributed by atoms with Crippen LogP contribution in [0.2, 0.25) is 0 Å². The van der Waals surface area contributed by atoms with Gasteiger partial charge in [0.1, 0.15) is 28.6 Å². The summed E-state index contributed by atoms with van der Waals surface area (Å²) in [5.41, 5.74) is 11.6. The maximum atomic E-state index is 14.0. The SMILES string of the molecule is CC(=O)Cc1nc2ccc(-c3nn(Cc4cc5cccc(C)c5c(=O)n4-c4ccccc4)c4ncnc(N)c34)cc2s1. The smallest absolute Gasteiger partial charge is 0.263 e. The highest BCUT2D eigenvalue weighted by Crippen LogP contribution is 2.34. The van der Waals surface area contributed by atoms with Crippen molar-refractivity contribution in [1.29, 1.82) is 0 Å². The Morgan fingerprint density at radius 3 is 2.62 bits per heavy atom. The van der Waals surface area contributed by atoms with Gasteiger partial charge in [-0.05, 0) is 55.1 Å². The number of anilines is 1. The zero-order valence-corrected chi connectivity index (χ0v) is 23.7. The molecule has 7 aromatic rings. The van der Waals surface area contributed by atoms with Gasteiger partial charge in [0.2, 0.25) is 0 Å². The summed E-state index contributed by atoms with van der Waals surface area (Å²) < 4.78 is 4.47. The first kappa shape index (κ1) is 25.7. The normalized spacial score (nSPS) is 11.6. The zero-order chi connectivity index (χ0) is 29.0. The second kappa shape index (κ2) is 10.0. The summed E-state index contributed by atoms with van der Waals surface area (Å²) in [6.07, 6.45) is 1.73. The van der Waals surface area contributed by atoms with Crippen LogP contribution in [0.15, 0.2) is 83.9 Å². The van der Waals surface area contributed by atoms with Crippen LogP contribution in [-0.4, -0.2) is 35.1 Å². The van der Waals surface area contributed by atoms with E-state index in [1.54, 1.807) is 16.2 Å². The maximum absolute atomic E-state index is 14.0. The predicted octanol–water partition coefficient (Wildman–Crippen LogP) is 5.48. The molecule has 9 nitrogen and oxygen atoms in total. The van der Waals surface area contributed by atoms with Crippen molar-refractivity contribution < 1.29 is 4.79 Å². The average molecular weight is 572 g/mol. The fourth-order valence-corrected chi connectivity index (χ4v) is 6.55. The second-order valence-electron chi connectivity index (χ2n) is 10.3. The van der Waals surface area contributed by atoms with Crippen LogP contribution in [0.4, 0.5) is 5.82 Å². The van der Waals surface area contributed by atoms with Gasteiger partial charge in [0.05, 0.1) is 34.0 Å². The molecule has 0 atom stereocenters. The molecular weight excluding hydrogens is 546 g/mol. The number of para-hydroxylation sites is 1. The molecule has 42 heavy (non-hydrogen) atoms. The van der Waals surface area contributed by atoms with E-state index >= 15 is 0 Å². The topological polar surface area (TPSA) is 122 Å². The molecule has 3 aromatic carbocycles. The highest BCUT2D eigenvalue weighted by molar-refractivity contribution is 7.18. The number of hydrogen-bond donors (Lipinski definition) is 1. The van der Waals surface area contributed by atoms with Crippen molar-refractivity contribution in [3.05, 3.63) is 106 Å². The van der Waals surface area contributed by atoms with Crippen LogP contribution < -0.4 is 11.3 Å². The van der Waals surface area contributed by atoms with Crippen LogP contribution in [0.5, 0.6) is 0 Å². The fourth-order valence-electron chi connectivity index (χ4n) is 5.47. The van der Waals surface area contributed by atoms with Crippen molar-refractivity contribution in [2.24, 2.45) is 0 Å². The monoisotopic (exact) mass is 571 g/mol. The Bertz CT molecular complexity index is 2230. The van der Waals surface area contributed by atoms with Crippen LogP contribution in [0.1, 0.15) is 23.2 Å². The lowest BCUT2D eigenvalue weighted by atomic mass is 10.1. The Labute approximate surface area is 243 Å². The summed E-state index contributed by atoms with van der Waals surface area (Å²) in [5.74, 6) is 0.388. The molecule has 0 aliphatic heterocycles. The molecule has 0 amide bonds. The number of aryl methyl sites for hydroxylation is 1. The van der Waals surface area contributed by atoms with Gasteiger partial charge in [-0.1, -0.05) is 42.5 Å². The number of nitrogen functional groups attached to an aromatic ring is 1. The first-order valence-corrected chi connectivity index (χ1v) is 14.2. The molecule has 4 heterocycles. The first-order chi connectivity index (χ1) is 20.4. The van der Waals surface area contributed by atoms with Gasteiger partial charge >= 0.3 is 0 Å². The number of ketones is 1. The van der Waals surface area contributed by atoms with Gasteiger partial charge < -0.3 is 5.73 Å². The summed E-state index contributed by atoms with van der Waals surface area (Å²) in [6, 6.07) is 23.4. The summed E-state index contributed by atoms with van der Waals surface area (Å²) >= 11 is 1.49. The quantitative estimate of drug-likeness (QED) is 0.281. The molecule has 0 aliphatic carbocycles. The van der Waals surface area contributed by atoms with Gasteiger partial charge in [-0.15, -0.1) is 11.3 Å². The third-order valence-corrected chi connectivity index (χ3v) is 8.34. The molecule has 7 rings (SSSR count). The van der Waals surface area contributed by atoms with Gasteiger partial charge in [0, 0.05) is 16.9 Å². The van der Waals surface area contributed by atoms with Crippen LogP contribution in [-0.2, 0) is 17.8 Å². The van der Waals surface area contributed by atoms with E-state index in [0.717, 1.165) is 43.1 Å². The number of nitrogens with zero attached hydrogens (tertiary/aromatic N) is 6. The number of carbonyl (C=O) groups is 1. The fraction of sp³-hybridized carbons (Fsp3) is 0.125. The van der Waals surface area contributed by atoms with Crippen molar-refractivity contribution in [3.63, 3.8) is 0 Å². The minimum absolute atomic E-state index is 0.0711. The van der Waals surface area contributed by atoms with Crippen molar-refractivity contribution in [3.8, 4) is 16.9 Å². The van der Waals surface area contributed by atoms with Crippen LogP contribution in [0.3, 0.4) is 0 Å². The van der Waals surface area contributed by atoms with Crippen molar-refractivity contribution in [1.82, 2.24) is 29.3 Å². The molecule has 4 aromatic heterocycles. The molecule has 2 N–H and O–H groups in total. The highest BCUT2D eigenvalue weighted by atomic mass is 32.1. The molecule has 0 spiro atoms. The molecule has 10 heteroatoms. The number of Topliss-reactive ketones (excluding diaryl/α,β-unsaturated/α-hetero) is 1. The Morgan fingerprint density at radius 2 is 1.81 bits per heavy atom. The number of benzene rings is 3. The Kier molecular flexibility index (Phi) is 6.13. The number of rotatable bonds is 6. The van der Waals surface area contributed by atoms with E-state index in [0.29, 0.717) is 34.4 Å². The summed E-state index contributed by atoms with van der Waals surface area (Å²) in [7, 11) is 0. The Hall–Kier alpha value is -5.22. The first-order valence-electron chi connectivity index (χ1n) is 13.4. The molecule has 206 valence electrons. The summed E-state index contributed by atoms with van der Waals surface area (Å²) in [6.45, 7) is 3.79. The summed E-state index contributed by atoms with van der Waals surface area (Å²) in [5, 5.41) is 7.95. The van der Waals surface area contributed by atoms with Gasteiger partial charge in [0.15, 0.2) is 5.65 Å². The minimum Gasteiger partial charge on any atom is -0.383 e. The van der Waals surface area contributed by atoms with Gasteiger partial charge in [-0.25, -0.2) is 19.6 Å². The standard InChI is InChI=1S/C32H25N7O2S/c1-18-7-6-8-20-14-23(39(32(41)27(18)20)22-9-4-3-5-10-22)16-38-31-28(30(33)34-17-35-31)29(37-38)21-11-12-24-25(15-21)42-26(36-24)13-19(2)40/h3-12,14-15,17H,13,16H2,1-2H3,(H2,33,34,35). The lowest BCUT2D eigenvalue weighted by molar-refractivity contribution is -0.116. The predicted molar refractivity (Wildman–Crippen MR) is 166 cm³/mol. The molecule has 0 fully saturated rings. The van der Waals surface area contributed by atoms with Crippen LogP contribution >= 0.6 is 11.3 Å². The molecule has 0 unspecified atom stereocenters. The molecule has 0 saturated carbocycles. The third-order valence-electron chi connectivity index (χ3n) is 7.32. The van der Waals surface area contributed by atoms with E-state index in [1.165, 1.54) is 17.7 Å². The number of thiazole rings is 1. The van der Waals surface area contributed by atoms with Crippen LogP contribution in [0.25, 0.3) is 49.0 Å². The number of carbonyl (C=O) groups excluding carboxylic acids is 1. The number of hydrogen-bond acceptors (Lipinski definition) is 8. The van der Waals surface area contributed by atoms with Gasteiger partial charge in [0.25, 0.3) is 5.56 Å². The minimum atomic E-state index is -0.0883. The van der Waals surface area contributed by atoms with Gasteiger partial charge in [-0.3, -0.25) is 14.2 Å². The zero-order valence-electron chi connectivity index (χ0n) is 22.9. The summed E-state index contributed by atoms with van der Waals surface area (Å²) in [4.78, 5) is 39.0. The largest absolute Gasteiger partial charge is 0.383 e. The molecule has 0 bridgehead atoms. The molecular formula is C32H25N7O2S. The number of nitrogens with two attached hydrogens (primary N) is 1. The second-order valence-corrected chi connectivity index (χ2v) is 11.4. The van der Waals surface area contributed by atoms with Gasteiger partial charge in [-0.2, -0.15) is 5.10 Å². The highest BCUT2D eigenvalue weighted by Gasteiger charge is 2.20. The Morgan fingerprint density at radius 1 is 0.976 bits per heavy atom. The Balaban J connectivity index is 1.41. The van der Waals surface area contributed by atoms with Crippen molar-refractivity contribution in [2.45, 2.75) is 26.8 Å². The van der Waals surface area contributed by atoms with E-state index in [9.17, 15) is 9.59 Å². The number of aromatic nitrogens is 6. The number of pyridine rings is 1.